The van der Waals surface area contributed by atoms with E-state index in [4.69, 9.17) is 0 Å². The van der Waals surface area contributed by atoms with Crippen molar-refractivity contribution >= 4 is 50.9 Å². The highest BCUT2D eigenvalue weighted by molar-refractivity contribution is 7.99. The number of anilines is 1. The van der Waals surface area contributed by atoms with Gasteiger partial charge in [-0.2, -0.15) is 0 Å². The molecule has 128 valence electrons. The maximum Gasteiger partial charge on any atom is 0.261 e. The number of allylic oxidation sites excluding steroid dienone is 1. The summed E-state index contributed by atoms with van der Waals surface area (Å²) in [6.45, 7) is 0. The first-order chi connectivity index (χ1) is 12.0. The molecule has 0 saturated heterocycles. The molecule has 0 bridgehead atoms. The van der Waals surface area contributed by atoms with Crippen LogP contribution in [0.1, 0.15) is 15.9 Å². The molecule has 0 aliphatic heterocycles. The van der Waals surface area contributed by atoms with Crippen LogP contribution in [0.4, 0.5) is 5.69 Å². The van der Waals surface area contributed by atoms with Crippen LogP contribution in [-0.2, 0) is 0 Å². The lowest BCUT2D eigenvalue weighted by atomic mass is 10.1. The lowest BCUT2D eigenvalue weighted by Crippen LogP contribution is -2.17. The molecule has 0 aliphatic carbocycles. The number of rotatable bonds is 5. The topological polar surface area (TPSA) is 53.2 Å². The minimum Gasteiger partial charge on any atom is -0.378 e. The summed E-state index contributed by atoms with van der Waals surface area (Å²) in [5, 5.41) is 2.83. The van der Waals surface area contributed by atoms with Gasteiger partial charge in [-0.25, -0.2) is 0 Å². The average molecular weight is 370 g/mol. The second kappa shape index (κ2) is 7.29. The van der Waals surface area contributed by atoms with Crippen LogP contribution in [0.25, 0.3) is 16.3 Å². The number of nitrogens with one attached hydrogen (secondary N) is 1. The zero-order chi connectivity index (χ0) is 18.0. The highest BCUT2D eigenvalue weighted by Crippen LogP contribution is 2.30. The number of nitrogens with zero attached hydrogens (tertiary/aromatic N) is 1. The number of ketones is 1. The highest BCUT2D eigenvalue weighted by Gasteiger charge is 2.17. The van der Waals surface area contributed by atoms with Crippen LogP contribution in [0.15, 0.2) is 51.5 Å². The molecule has 3 aromatic rings. The Labute approximate surface area is 154 Å². The highest BCUT2D eigenvalue weighted by atomic mass is 32.2. The molecule has 1 aromatic carbocycles. The van der Waals surface area contributed by atoms with Crippen LogP contribution in [-0.4, -0.2) is 31.1 Å². The number of benzene rings is 1. The fourth-order valence-corrected chi connectivity index (χ4v) is 4.20. The van der Waals surface area contributed by atoms with Gasteiger partial charge in [-0.1, -0.05) is 18.2 Å². The first-order valence-corrected chi connectivity index (χ1v) is 9.79. The lowest BCUT2D eigenvalue weighted by Gasteiger charge is -2.11. The number of aromatic nitrogens is 1. The summed E-state index contributed by atoms with van der Waals surface area (Å²) in [5.74, 6) is -0.282. The lowest BCUT2D eigenvalue weighted by molar-refractivity contribution is 0.104. The molecular formula is C19H18N2O2S2. The smallest absolute Gasteiger partial charge is 0.261 e. The maximum atomic E-state index is 12.6. The molecule has 4 nitrogen and oxygen atoms in total. The minimum absolute atomic E-state index is 0.208. The Morgan fingerprint density at radius 2 is 1.92 bits per heavy atom. The number of H-pyrrole nitrogens is 1. The van der Waals surface area contributed by atoms with Gasteiger partial charge in [0.15, 0.2) is 5.78 Å². The van der Waals surface area contributed by atoms with Crippen LogP contribution < -0.4 is 10.5 Å². The van der Waals surface area contributed by atoms with E-state index in [-0.39, 0.29) is 16.9 Å². The van der Waals surface area contributed by atoms with Crippen LogP contribution in [0, 0.1) is 0 Å². The predicted molar refractivity (Wildman–Crippen MR) is 108 cm³/mol. The molecular weight excluding hydrogens is 352 g/mol. The molecule has 2 aromatic heterocycles. The largest absolute Gasteiger partial charge is 0.378 e. The fraction of sp³-hybridized carbons (Fsp3) is 0.158. The third kappa shape index (κ3) is 3.55. The van der Waals surface area contributed by atoms with E-state index in [1.54, 1.807) is 6.08 Å². The van der Waals surface area contributed by atoms with E-state index < -0.39 is 0 Å². The van der Waals surface area contributed by atoms with Crippen LogP contribution in [0.2, 0.25) is 0 Å². The Hall–Kier alpha value is -2.31. The average Bonchev–Trinajstić information content (AvgIpc) is 3.06. The van der Waals surface area contributed by atoms with Crippen molar-refractivity contribution in [2.24, 2.45) is 0 Å². The number of hydrogen-bond donors (Lipinski definition) is 1. The Morgan fingerprint density at radius 3 is 2.56 bits per heavy atom. The summed E-state index contributed by atoms with van der Waals surface area (Å²) >= 11 is 2.89. The van der Waals surface area contributed by atoms with Crippen LogP contribution in [0.3, 0.4) is 0 Å². The Kier molecular flexibility index (Phi) is 5.11. The molecule has 0 radical (unpaired) electrons. The third-order valence-corrected chi connectivity index (χ3v) is 5.54. The fourth-order valence-electron chi connectivity index (χ4n) is 2.56. The van der Waals surface area contributed by atoms with Gasteiger partial charge in [0.25, 0.3) is 5.56 Å². The Bertz CT molecular complexity index is 998. The quantitative estimate of drug-likeness (QED) is 0.414. The van der Waals surface area contributed by atoms with E-state index in [1.165, 1.54) is 29.2 Å². The van der Waals surface area contributed by atoms with Gasteiger partial charge in [-0.05, 0) is 41.5 Å². The van der Waals surface area contributed by atoms with Gasteiger partial charge >= 0.3 is 0 Å². The molecule has 0 amide bonds. The van der Waals surface area contributed by atoms with E-state index >= 15 is 0 Å². The van der Waals surface area contributed by atoms with E-state index in [1.807, 2.05) is 61.0 Å². The molecule has 0 saturated carbocycles. The van der Waals surface area contributed by atoms with E-state index in [2.05, 4.69) is 4.98 Å². The molecule has 6 heteroatoms. The summed E-state index contributed by atoms with van der Waals surface area (Å²) in [6.07, 6.45) is 5.09. The van der Waals surface area contributed by atoms with Crippen molar-refractivity contribution in [2.45, 2.75) is 4.90 Å². The summed E-state index contributed by atoms with van der Waals surface area (Å²) in [4.78, 5) is 31.3. The van der Waals surface area contributed by atoms with Crippen molar-refractivity contribution in [3.8, 4) is 0 Å². The van der Waals surface area contributed by atoms with Crippen molar-refractivity contribution in [2.75, 3.05) is 25.3 Å². The minimum atomic E-state index is -0.336. The number of carbonyl (C=O) groups is 1. The number of pyridine rings is 1. The third-order valence-electron chi connectivity index (χ3n) is 3.88. The second-order valence-electron chi connectivity index (χ2n) is 5.71. The predicted octanol–water partition coefficient (Wildman–Crippen LogP) is 4.27. The summed E-state index contributed by atoms with van der Waals surface area (Å²) < 4.78 is 0. The van der Waals surface area contributed by atoms with Crippen molar-refractivity contribution in [1.29, 1.82) is 0 Å². The van der Waals surface area contributed by atoms with Gasteiger partial charge in [0.2, 0.25) is 0 Å². The van der Waals surface area contributed by atoms with Gasteiger partial charge < -0.3 is 9.88 Å². The molecule has 1 N–H and O–H groups in total. The van der Waals surface area contributed by atoms with E-state index in [9.17, 15) is 9.59 Å². The maximum absolute atomic E-state index is 12.6. The van der Waals surface area contributed by atoms with Gasteiger partial charge in [-0.3, -0.25) is 9.59 Å². The van der Waals surface area contributed by atoms with E-state index in [0.29, 0.717) is 0 Å². The molecule has 0 atom stereocenters. The number of thiophene rings is 1. The van der Waals surface area contributed by atoms with Crippen LogP contribution >= 0.6 is 23.1 Å². The summed E-state index contributed by atoms with van der Waals surface area (Å²) in [5.41, 5.74) is 1.88. The van der Waals surface area contributed by atoms with Gasteiger partial charge in [0, 0.05) is 30.1 Å². The Balaban J connectivity index is 1.94. The first kappa shape index (κ1) is 17.5. The molecule has 3 rings (SSSR count). The number of carbonyl (C=O) groups excluding carboxylic acids is 1. The SMILES string of the molecule is CSc1c(C(=O)/C=C/c2ccc(N(C)C)cc2)c(=O)[nH]c2sccc12. The first-order valence-electron chi connectivity index (χ1n) is 7.68. The molecule has 0 unspecified atom stereocenters. The second-order valence-corrected chi connectivity index (χ2v) is 7.44. The van der Waals surface area contributed by atoms with Crippen molar-refractivity contribution in [3.63, 3.8) is 0 Å². The molecule has 0 fully saturated rings. The summed E-state index contributed by atoms with van der Waals surface area (Å²) in [7, 11) is 3.95. The van der Waals surface area contributed by atoms with Gasteiger partial charge in [-0.15, -0.1) is 23.1 Å². The van der Waals surface area contributed by atoms with Crippen molar-refractivity contribution in [3.05, 3.63) is 63.3 Å². The van der Waals surface area contributed by atoms with Crippen molar-refractivity contribution in [1.82, 2.24) is 4.98 Å². The van der Waals surface area contributed by atoms with Gasteiger partial charge in [0.1, 0.15) is 10.4 Å². The van der Waals surface area contributed by atoms with Gasteiger partial charge in [0.05, 0.1) is 0 Å². The van der Waals surface area contributed by atoms with Crippen LogP contribution in [0.5, 0.6) is 0 Å². The molecule has 25 heavy (non-hydrogen) atoms. The van der Waals surface area contributed by atoms with Crippen molar-refractivity contribution < 1.29 is 4.79 Å². The normalized spacial score (nSPS) is 11.3. The zero-order valence-electron chi connectivity index (χ0n) is 14.2. The standard InChI is InChI=1S/C19H18N2O2S2/c1-21(2)13-7-4-12(5-8-13)6-9-15(22)16-17(24-3)14-10-11-25-19(14)20-18(16)23/h4-11H,1-3H3,(H,20,23)/b9-6+. The molecule has 0 spiro atoms. The Morgan fingerprint density at radius 1 is 1.20 bits per heavy atom. The number of aromatic amines is 1. The monoisotopic (exact) mass is 370 g/mol. The molecule has 2 heterocycles. The number of fused-ring (bicyclic) bond motifs is 1. The number of hydrogen-bond acceptors (Lipinski definition) is 5. The molecule has 0 aliphatic rings. The number of thioether (sulfide) groups is 1. The zero-order valence-corrected chi connectivity index (χ0v) is 15.8. The van der Waals surface area contributed by atoms with E-state index in [0.717, 1.165) is 26.4 Å². The summed E-state index contributed by atoms with van der Waals surface area (Å²) in [6, 6.07) is 9.80.